The van der Waals surface area contributed by atoms with Gasteiger partial charge in [0.2, 0.25) is 0 Å². The third-order valence-corrected chi connectivity index (χ3v) is 3.45. The molecular weight excluding hydrogens is 328 g/mol. The first-order chi connectivity index (χ1) is 10.3. The van der Waals surface area contributed by atoms with Crippen molar-refractivity contribution < 1.29 is 4.74 Å². The second kappa shape index (κ2) is 6.50. The van der Waals surface area contributed by atoms with Crippen LogP contribution in [0.3, 0.4) is 0 Å². The molecule has 0 radical (unpaired) electrons. The van der Waals surface area contributed by atoms with Crippen molar-refractivity contribution >= 4 is 15.9 Å². The minimum atomic E-state index is 0.568. The van der Waals surface area contributed by atoms with E-state index in [0.717, 1.165) is 27.2 Å². The van der Waals surface area contributed by atoms with Crippen molar-refractivity contribution in [3.05, 3.63) is 76.9 Å². The summed E-state index contributed by atoms with van der Waals surface area (Å²) in [6.45, 7) is 0.568. The van der Waals surface area contributed by atoms with Crippen LogP contribution in [0.5, 0.6) is 5.75 Å². The van der Waals surface area contributed by atoms with E-state index < -0.39 is 0 Å². The van der Waals surface area contributed by atoms with E-state index in [4.69, 9.17) is 4.74 Å². The van der Waals surface area contributed by atoms with Gasteiger partial charge in [-0.05, 0) is 57.9 Å². The van der Waals surface area contributed by atoms with Crippen molar-refractivity contribution in [2.24, 2.45) is 0 Å². The SMILES string of the molecule is Brc1ccc(-c2ccc(OCc3ccccc3)cc2)nn1. The molecule has 1 aromatic heterocycles. The first kappa shape index (κ1) is 13.8. The van der Waals surface area contributed by atoms with E-state index in [0.29, 0.717) is 6.61 Å². The molecule has 0 bridgehead atoms. The lowest BCUT2D eigenvalue weighted by atomic mass is 10.1. The molecule has 2 aromatic carbocycles. The fraction of sp³-hybridized carbons (Fsp3) is 0.0588. The summed E-state index contributed by atoms with van der Waals surface area (Å²) < 4.78 is 6.49. The average molecular weight is 341 g/mol. The Morgan fingerprint density at radius 1 is 0.810 bits per heavy atom. The molecule has 0 spiro atoms. The van der Waals surface area contributed by atoms with E-state index >= 15 is 0 Å². The van der Waals surface area contributed by atoms with Crippen LogP contribution in [0.15, 0.2) is 71.3 Å². The third kappa shape index (κ3) is 3.67. The highest BCUT2D eigenvalue weighted by Crippen LogP contribution is 2.21. The molecule has 0 fully saturated rings. The van der Waals surface area contributed by atoms with Gasteiger partial charge in [0.1, 0.15) is 17.0 Å². The molecule has 0 atom stereocenters. The minimum absolute atomic E-state index is 0.568. The standard InChI is InChI=1S/C17H13BrN2O/c18-17-11-10-16(19-20-17)14-6-8-15(9-7-14)21-12-13-4-2-1-3-5-13/h1-11H,12H2. The van der Waals surface area contributed by atoms with Crippen LogP contribution in [0.2, 0.25) is 0 Å². The Morgan fingerprint density at radius 2 is 1.57 bits per heavy atom. The van der Waals surface area contributed by atoms with Crippen LogP contribution in [0, 0.1) is 0 Å². The Morgan fingerprint density at radius 3 is 2.24 bits per heavy atom. The molecule has 3 nitrogen and oxygen atoms in total. The molecule has 0 aliphatic rings. The van der Waals surface area contributed by atoms with Crippen molar-refractivity contribution in [3.8, 4) is 17.0 Å². The summed E-state index contributed by atoms with van der Waals surface area (Å²) in [6, 6.07) is 21.8. The average Bonchev–Trinajstić information content (AvgIpc) is 2.55. The summed E-state index contributed by atoms with van der Waals surface area (Å²) in [4.78, 5) is 0. The van der Waals surface area contributed by atoms with Gasteiger partial charge in [0.25, 0.3) is 0 Å². The largest absolute Gasteiger partial charge is 0.489 e. The summed E-state index contributed by atoms with van der Waals surface area (Å²) >= 11 is 3.28. The van der Waals surface area contributed by atoms with Gasteiger partial charge in [-0.25, -0.2) is 0 Å². The first-order valence-electron chi connectivity index (χ1n) is 6.58. The lowest BCUT2D eigenvalue weighted by Gasteiger charge is -2.07. The Kier molecular flexibility index (Phi) is 4.26. The minimum Gasteiger partial charge on any atom is -0.489 e. The summed E-state index contributed by atoms with van der Waals surface area (Å²) in [7, 11) is 0. The Balaban J connectivity index is 1.68. The fourth-order valence-electron chi connectivity index (χ4n) is 1.93. The van der Waals surface area contributed by atoms with Gasteiger partial charge in [0.05, 0.1) is 5.69 Å². The van der Waals surface area contributed by atoms with Crippen molar-refractivity contribution in [2.75, 3.05) is 0 Å². The predicted octanol–water partition coefficient (Wildman–Crippen LogP) is 4.49. The van der Waals surface area contributed by atoms with Gasteiger partial charge in [-0.3, -0.25) is 0 Å². The predicted molar refractivity (Wildman–Crippen MR) is 85.9 cm³/mol. The number of benzene rings is 2. The lowest BCUT2D eigenvalue weighted by Crippen LogP contribution is -1.95. The van der Waals surface area contributed by atoms with Gasteiger partial charge in [0, 0.05) is 5.56 Å². The quantitative estimate of drug-likeness (QED) is 0.702. The molecule has 0 unspecified atom stereocenters. The van der Waals surface area contributed by atoms with E-state index in [9.17, 15) is 0 Å². The summed E-state index contributed by atoms with van der Waals surface area (Å²) in [5.74, 6) is 0.840. The van der Waals surface area contributed by atoms with E-state index in [2.05, 4.69) is 26.1 Å². The van der Waals surface area contributed by atoms with Crippen molar-refractivity contribution in [3.63, 3.8) is 0 Å². The molecule has 104 valence electrons. The van der Waals surface area contributed by atoms with Gasteiger partial charge < -0.3 is 4.74 Å². The Bertz CT molecular complexity index is 697. The number of halogens is 1. The fourth-order valence-corrected chi connectivity index (χ4v) is 2.14. The topological polar surface area (TPSA) is 35.0 Å². The monoisotopic (exact) mass is 340 g/mol. The van der Waals surface area contributed by atoms with Crippen LogP contribution in [0.1, 0.15) is 5.56 Å². The van der Waals surface area contributed by atoms with Crippen molar-refractivity contribution in [2.45, 2.75) is 6.61 Å². The number of nitrogens with zero attached hydrogens (tertiary/aromatic N) is 2. The van der Waals surface area contributed by atoms with Crippen LogP contribution in [0.4, 0.5) is 0 Å². The zero-order chi connectivity index (χ0) is 14.5. The molecular formula is C17H13BrN2O. The molecule has 0 saturated carbocycles. The molecule has 3 aromatic rings. The van der Waals surface area contributed by atoms with Crippen LogP contribution in [-0.2, 0) is 6.61 Å². The van der Waals surface area contributed by atoms with Gasteiger partial charge >= 0.3 is 0 Å². The normalized spacial score (nSPS) is 10.3. The van der Waals surface area contributed by atoms with Gasteiger partial charge in [-0.15, -0.1) is 10.2 Å². The van der Waals surface area contributed by atoms with Crippen molar-refractivity contribution in [1.29, 1.82) is 0 Å². The molecule has 0 amide bonds. The van der Waals surface area contributed by atoms with Crippen LogP contribution < -0.4 is 4.74 Å². The zero-order valence-corrected chi connectivity index (χ0v) is 12.8. The molecule has 1 heterocycles. The summed E-state index contributed by atoms with van der Waals surface area (Å²) in [6.07, 6.45) is 0. The number of aromatic nitrogens is 2. The Hall–Kier alpha value is -2.20. The second-order valence-corrected chi connectivity index (χ2v) is 5.35. The third-order valence-electron chi connectivity index (χ3n) is 3.03. The molecule has 0 aliphatic carbocycles. The molecule has 4 heteroatoms. The lowest BCUT2D eigenvalue weighted by molar-refractivity contribution is 0.306. The van der Waals surface area contributed by atoms with Gasteiger partial charge in [-0.2, -0.15) is 0 Å². The van der Waals surface area contributed by atoms with E-state index in [1.54, 1.807) is 0 Å². The second-order valence-electron chi connectivity index (χ2n) is 4.54. The zero-order valence-electron chi connectivity index (χ0n) is 11.2. The maximum absolute atomic E-state index is 5.76. The molecule has 3 rings (SSSR count). The molecule has 0 N–H and O–H groups in total. The molecule has 0 saturated heterocycles. The van der Waals surface area contributed by atoms with Crippen LogP contribution in [0.25, 0.3) is 11.3 Å². The highest BCUT2D eigenvalue weighted by Gasteiger charge is 2.01. The smallest absolute Gasteiger partial charge is 0.128 e. The van der Waals surface area contributed by atoms with Gasteiger partial charge in [0.15, 0.2) is 0 Å². The summed E-state index contributed by atoms with van der Waals surface area (Å²) in [5.41, 5.74) is 3.01. The molecule has 21 heavy (non-hydrogen) atoms. The number of hydrogen-bond donors (Lipinski definition) is 0. The highest BCUT2D eigenvalue weighted by atomic mass is 79.9. The van der Waals surface area contributed by atoms with Crippen LogP contribution >= 0.6 is 15.9 Å². The van der Waals surface area contributed by atoms with E-state index in [-0.39, 0.29) is 0 Å². The highest BCUT2D eigenvalue weighted by molar-refractivity contribution is 9.10. The Labute approximate surface area is 131 Å². The van der Waals surface area contributed by atoms with E-state index in [1.165, 1.54) is 0 Å². The van der Waals surface area contributed by atoms with Crippen LogP contribution in [-0.4, -0.2) is 10.2 Å². The summed E-state index contributed by atoms with van der Waals surface area (Å²) in [5, 5.41) is 8.12. The van der Waals surface area contributed by atoms with E-state index in [1.807, 2.05) is 66.7 Å². The van der Waals surface area contributed by atoms with Crippen molar-refractivity contribution in [1.82, 2.24) is 10.2 Å². The number of hydrogen-bond acceptors (Lipinski definition) is 3. The van der Waals surface area contributed by atoms with Gasteiger partial charge in [-0.1, -0.05) is 30.3 Å². The maximum Gasteiger partial charge on any atom is 0.128 e. The molecule has 0 aliphatic heterocycles. The maximum atomic E-state index is 5.76. The number of ether oxygens (including phenoxy) is 1. The first-order valence-corrected chi connectivity index (χ1v) is 7.37. The number of rotatable bonds is 4.